The standard InChI is InChI=1S/C32H36N5O.Pt/c1-21(2)30-31(22(3)4)37-28(27-16-23(12-13-33-27)32(5,6)7)18-26(19-29(37)34-30)38-25-11-9-10-24(17-25)36-15-14-35(8)20-36;/h9-16,19-22H,1-8H3;/q-3;. The summed E-state index contributed by atoms with van der Waals surface area (Å²) in [5.74, 6) is 1.75. The van der Waals surface area contributed by atoms with Gasteiger partial charge >= 0.3 is 0 Å². The van der Waals surface area contributed by atoms with E-state index in [9.17, 15) is 0 Å². The molecule has 1 aliphatic rings. The zero-order valence-corrected chi connectivity index (χ0v) is 26.2. The van der Waals surface area contributed by atoms with E-state index in [1.807, 2.05) is 66.4 Å². The van der Waals surface area contributed by atoms with Crippen molar-refractivity contribution in [2.24, 2.45) is 0 Å². The zero-order valence-electron chi connectivity index (χ0n) is 23.9. The number of aromatic nitrogens is 3. The first-order valence-electron chi connectivity index (χ1n) is 13.2. The van der Waals surface area contributed by atoms with Crippen LogP contribution < -0.4 is 9.64 Å². The van der Waals surface area contributed by atoms with Gasteiger partial charge in [-0.1, -0.05) is 66.2 Å². The van der Waals surface area contributed by atoms with E-state index in [1.54, 1.807) is 0 Å². The number of ether oxygens (including phenoxy) is 1. The van der Waals surface area contributed by atoms with Gasteiger partial charge in [0.15, 0.2) is 0 Å². The molecule has 7 heteroatoms. The first-order chi connectivity index (χ1) is 18.0. The van der Waals surface area contributed by atoms with Crippen LogP contribution in [0.4, 0.5) is 5.69 Å². The van der Waals surface area contributed by atoms with E-state index >= 15 is 0 Å². The quantitative estimate of drug-likeness (QED) is 0.193. The summed E-state index contributed by atoms with van der Waals surface area (Å²) < 4.78 is 8.58. The van der Waals surface area contributed by atoms with Crippen molar-refractivity contribution in [3.05, 3.63) is 90.7 Å². The summed E-state index contributed by atoms with van der Waals surface area (Å²) in [4.78, 5) is 13.9. The van der Waals surface area contributed by atoms with Crippen molar-refractivity contribution >= 4 is 11.3 Å². The van der Waals surface area contributed by atoms with Gasteiger partial charge in [-0.05, 0) is 54.2 Å². The molecule has 0 radical (unpaired) electrons. The zero-order chi connectivity index (χ0) is 27.2. The van der Waals surface area contributed by atoms with Crippen molar-refractivity contribution in [2.75, 3.05) is 11.9 Å². The number of fused-ring (bicyclic) bond motifs is 1. The van der Waals surface area contributed by atoms with Gasteiger partial charge in [0.05, 0.1) is 11.3 Å². The van der Waals surface area contributed by atoms with Gasteiger partial charge in [-0.25, -0.2) is 4.98 Å². The fourth-order valence-electron chi connectivity index (χ4n) is 4.72. The molecule has 1 aliphatic heterocycles. The third-order valence-electron chi connectivity index (χ3n) is 6.68. The topological polar surface area (TPSA) is 45.9 Å². The second-order valence-corrected chi connectivity index (χ2v) is 11.5. The summed E-state index contributed by atoms with van der Waals surface area (Å²) in [6.45, 7) is 17.4. The molecule has 0 saturated heterocycles. The Morgan fingerprint density at radius 1 is 0.949 bits per heavy atom. The van der Waals surface area contributed by atoms with E-state index in [0.29, 0.717) is 11.5 Å². The number of hydrogen-bond donors (Lipinski definition) is 0. The largest absolute Gasteiger partial charge is 0.510 e. The van der Waals surface area contributed by atoms with Crippen molar-refractivity contribution in [1.29, 1.82) is 0 Å². The predicted octanol–water partition coefficient (Wildman–Crippen LogP) is 7.67. The van der Waals surface area contributed by atoms with Crippen LogP contribution in [0.25, 0.3) is 17.0 Å². The molecule has 0 aliphatic carbocycles. The Morgan fingerprint density at radius 2 is 1.72 bits per heavy atom. The molecule has 39 heavy (non-hydrogen) atoms. The second-order valence-electron chi connectivity index (χ2n) is 11.5. The number of anilines is 1. The SMILES string of the molecule is CC(C)c1nc2cc(Oc3[c-]c(N4C=CN(C)[CH-]4)ccc3)[c-]c(-c3cc(C(C)(C)C)ccn3)n2c1C(C)C.[Pt]. The van der Waals surface area contributed by atoms with Gasteiger partial charge in [0.25, 0.3) is 0 Å². The molecular formula is C32H36N5OPt-3. The Balaban J connectivity index is 0.00000353. The summed E-state index contributed by atoms with van der Waals surface area (Å²) in [6.07, 6.45) is 5.86. The van der Waals surface area contributed by atoms with Crippen LogP contribution in [-0.2, 0) is 26.5 Å². The van der Waals surface area contributed by atoms with E-state index in [2.05, 4.69) is 77.1 Å². The molecule has 4 aromatic rings. The maximum absolute atomic E-state index is 6.37. The Labute approximate surface area is 247 Å². The van der Waals surface area contributed by atoms with Crippen LogP contribution >= 0.6 is 0 Å². The van der Waals surface area contributed by atoms with Crippen LogP contribution in [0.2, 0.25) is 0 Å². The number of benzene rings is 1. The van der Waals surface area contributed by atoms with Gasteiger partial charge < -0.3 is 23.9 Å². The maximum Gasteiger partial charge on any atom is 0.0834 e. The van der Waals surface area contributed by atoms with E-state index in [-0.39, 0.29) is 38.3 Å². The molecule has 208 valence electrons. The molecule has 0 spiro atoms. The van der Waals surface area contributed by atoms with Crippen LogP contribution in [0.1, 0.15) is 77.3 Å². The van der Waals surface area contributed by atoms with Gasteiger partial charge in [0.1, 0.15) is 0 Å². The smallest absolute Gasteiger partial charge is 0.0834 e. The predicted molar refractivity (Wildman–Crippen MR) is 153 cm³/mol. The third-order valence-corrected chi connectivity index (χ3v) is 6.68. The Morgan fingerprint density at radius 3 is 2.36 bits per heavy atom. The number of rotatable bonds is 6. The van der Waals surface area contributed by atoms with Crippen molar-refractivity contribution in [2.45, 2.75) is 65.7 Å². The number of nitrogens with zero attached hydrogens (tertiary/aromatic N) is 5. The molecule has 3 aromatic heterocycles. The molecule has 0 bridgehead atoms. The summed E-state index contributed by atoms with van der Waals surface area (Å²) in [5, 5.41) is 0. The van der Waals surface area contributed by atoms with Crippen molar-refractivity contribution in [3.63, 3.8) is 0 Å². The average Bonchev–Trinajstić information content (AvgIpc) is 3.47. The molecule has 0 saturated carbocycles. The molecule has 0 atom stereocenters. The number of imidazole rings is 1. The Kier molecular flexibility index (Phi) is 8.27. The fourth-order valence-corrected chi connectivity index (χ4v) is 4.72. The first-order valence-corrected chi connectivity index (χ1v) is 13.2. The fraction of sp³-hybridized carbons (Fsp3) is 0.344. The van der Waals surface area contributed by atoms with E-state index < -0.39 is 0 Å². The molecule has 0 amide bonds. The molecule has 0 fully saturated rings. The average molecular weight is 702 g/mol. The van der Waals surface area contributed by atoms with Crippen molar-refractivity contribution in [3.8, 4) is 22.9 Å². The summed E-state index contributed by atoms with van der Waals surface area (Å²) >= 11 is 0. The van der Waals surface area contributed by atoms with Gasteiger partial charge in [0.2, 0.25) is 0 Å². The van der Waals surface area contributed by atoms with Crippen LogP contribution in [0.3, 0.4) is 0 Å². The monoisotopic (exact) mass is 701 g/mol. The van der Waals surface area contributed by atoms with Gasteiger partial charge in [-0.2, -0.15) is 12.7 Å². The third kappa shape index (κ3) is 5.91. The maximum atomic E-state index is 6.37. The summed E-state index contributed by atoms with van der Waals surface area (Å²) in [6, 6.07) is 19.0. The number of pyridine rings is 2. The van der Waals surface area contributed by atoms with Crippen LogP contribution in [0, 0.1) is 18.8 Å². The first kappa shape index (κ1) is 28.9. The summed E-state index contributed by atoms with van der Waals surface area (Å²) in [5.41, 5.74) is 6.91. The molecule has 1 aromatic carbocycles. The van der Waals surface area contributed by atoms with Gasteiger partial charge in [0, 0.05) is 44.5 Å². The summed E-state index contributed by atoms with van der Waals surface area (Å²) in [7, 11) is 1.99. The van der Waals surface area contributed by atoms with Gasteiger partial charge in [-0.3, -0.25) is 0 Å². The minimum Gasteiger partial charge on any atom is -0.510 e. The normalized spacial score (nSPS) is 13.6. The van der Waals surface area contributed by atoms with Crippen LogP contribution in [-0.4, -0.2) is 26.3 Å². The minimum absolute atomic E-state index is 0. The second kappa shape index (κ2) is 11.2. The number of hydrogen-bond acceptors (Lipinski definition) is 5. The van der Waals surface area contributed by atoms with Crippen molar-refractivity contribution < 1.29 is 25.8 Å². The molecule has 0 N–H and O–H groups in total. The van der Waals surface area contributed by atoms with Crippen LogP contribution in [0.15, 0.2) is 55.0 Å². The van der Waals surface area contributed by atoms with E-state index in [0.717, 1.165) is 28.4 Å². The Bertz CT molecular complexity index is 1500. The van der Waals surface area contributed by atoms with E-state index in [1.165, 1.54) is 11.3 Å². The molecule has 0 unspecified atom stereocenters. The molecular weight excluding hydrogens is 665 g/mol. The molecule has 6 nitrogen and oxygen atoms in total. The van der Waals surface area contributed by atoms with E-state index in [4.69, 9.17) is 14.7 Å². The van der Waals surface area contributed by atoms with Gasteiger partial charge in [-0.15, -0.1) is 30.0 Å². The van der Waals surface area contributed by atoms with Crippen LogP contribution in [0.5, 0.6) is 11.5 Å². The molecule has 4 heterocycles. The minimum atomic E-state index is -0.00563. The van der Waals surface area contributed by atoms with Crippen molar-refractivity contribution in [1.82, 2.24) is 19.3 Å². The molecule has 5 rings (SSSR count). The Hall–Kier alpha value is -3.11.